The van der Waals surface area contributed by atoms with Crippen molar-refractivity contribution in [2.45, 2.75) is 36.0 Å². The quantitative estimate of drug-likeness (QED) is 0.835. The van der Waals surface area contributed by atoms with E-state index in [4.69, 9.17) is 10.5 Å². The summed E-state index contributed by atoms with van der Waals surface area (Å²) < 4.78 is 5.52. The molecule has 2 rings (SSSR count). The first-order chi connectivity index (χ1) is 8.25. The summed E-state index contributed by atoms with van der Waals surface area (Å²) in [7, 11) is 1.75. The maximum atomic E-state index is 6.05. The molecule has 0 aromatic heterocycles. The van der Waals surface area contributed by atoms with Gasteiger partial charge in [-0.2, -0.15) is 0 Å². The lowest BCUT2D eigenvalue weighted by atomic mass is 9.78. The van der Waals surface area contributed by atoms with Crippen LogP contribution in [0.4, 0.5) is 0 Å². The molecule has 1 fully saturated rings. The van der Waals surface area contributed by atoms with Crippen molar-refractivity contribution in [3.63, 3.8) is 0 Å². The molecule has 94 valence electrons. The molecule has 2 nitrogen and oxygen atoms in total. The van der Waals surface area contributed by atoms with Gasteiger partial charge >= 0.3 is 0 Å². The summed E-state index contributed by atoms with van der Waals surface area (Å²) in [6, 6.07) is 6.46. The molecule has 0 bridgehead atoms. The highest BCUT2D eigenvalue weighted by Crippen LogP contribution is 2.44. The van der Waals surface area contributed by atoms with Gasteiger partial charge in [-0.3, -0.25) is 0 Å². The zero-order valence-electron chi connectivity index (χ0n) is 10.7. The molecule has 1 aliphatic rings. The Hall–Kier alpha value is -0.670. The predicted octanol–water partition coefficient (Wildman–Crippen LogP) is 3.19. The first kappa shape index (κ1) is 12.8. The van der Waals surface area contributed by atoms with Crippen LogP contribution in [0.1, 0.15) is 31.2 Å². The van der Waals surface area contributed by atoms with Crippen LogP contribution in [0.3, 0.4) is 0 Å². The topological polar surface area (TPSA) is 35.2 Å². The Morgan fingerprint density at radius 1 is 1.35 bits per heavy atom. The molecule has 0 amide bonds. The summed E-state index contributed by atoms with van der Waals surface area (Å²) >= 11 is 1.77. The molecule has 1 aromatic carbocycles. The Labute approximate surface area is 108 Å². The molecule has 0 radical (unpaired) electrons. The summed E-state index contributed by atoms with van der Waals surface area (Å²) in [5.41, 5.74) is 7.52. The highest BCUT2D eigenvalue weighted by molar-refractivity contribution is 7.98. The van der Waals surface area contributed by atoms with Crippen LogP contribution in [-0.4, -0.2) is 19.9 Å². The van der Waals surface area contributed by atoms with Gasteiger partial charge in [0.1, 0.15) is 5.75 Å². The standard InChI is InChI=1S/C14H21NOS/c1-16-13-6-5-11(17-2)9-12(13)14(10-15)7-3-4-8-14/h5-6,9H,3-4,7-8,10,15H2,1-2H3. The summed E-state index contributed by atoms with van der Waals surface area (Å²) in [5, 5.41) is 0. The minimum atomic E-state index is 0.150. The number of hydrogen-bond donors (Lipinski definition) is 1. The average molecular weight is 251 g/mol. The number of thioether (sulfide) groups is 1. The number of rotatable bonds is 4. The molecule has 0 saturated heterocycles. The second kappa shape index (κ2) is 5.32. The van der Waals surface area contributed by atoms with E-state index in [9.17, 15) is 0 Å². The molecule has 0 aliphatic heterocycles. The van der Waals surface area contributed by atoms with Gasteiger partial charge in [-0.15, -0.1) is 11.8 Å². The first-order valence-corrected chi connectivity index (χ1v) is 7.41. The smallest absolute Gasteiger partial charge is 0.122 e. The number of ether oxygens (including phenoxy) is 1. The maximum Gasteiger partial charge on any atom is 0.122 e. The fourth-order valence-corrected chi connectivity index (χ4v) is 3.30. The van der Waals surface area contributed by atoms with E-state index in [2.05, 4.69) is 24.5 Å². The third kappa shape index (κ3) is 2.31. The van der Waals surface area contributed by atoms with Crippen LogP contribution in [0.25, 0.3) is 0 Å². The highest BCUT2D eigenvalue weighted by Gasteiger charge is 2.36. The maximum absolute atomic E-state index is 6.05. The highest BCUT2D eigenvalue weighted by atomic mass is 32.2. The third-order valence-electron chi connectivity index (χ3n) is 3.93. The lowest BCUT2D eigenvalue weighted by Gasteiger charge is -2.30. The molecule has 1 aromatic rings. The number of hydrogen-bond acceptors (Lipinski definition) is 3. The van der Waals surface area contributed by atoms with Crippen molar-refractivity contribution in [2.24, 2.45) is 5.73 Å². The van der Waals surface area contributed by atoms with Crippen LogP contribution < -0.4 is 10.5 Å². The van der Waals surface area contributed by atoms with E-state index >= 15 is 0 Å². The number of methoxy groups -OCH3 is 1. The number of benzene rings is 1. The van der Waals surface area contributed by atoms with Crippen LogP contribution in [0, 0.1) is 0 Å². The Morgan fingerprint density at radius 2 is 2.06 bits per heavy atom. The van der Waals surface area contributed by atoms with Crippen molar-refractivity contribution in [2.75, 3.05) is 19.9 Å². The molecule has 0 atom stereocenters. The summed E-state index contributed by atoms with van der Waals surface area (Å²) in [6.07, 6.45) is 7.05. The van der Waals surface area contributed by atoms with E-state index < -0.39 is 0 Å². The molecule has 1 saturated carbocycles. The Balaban J connectivity index is 2.46. The predicted molar refractivity (Wildman–Crippen MR) is 74.0 cm³/mol. The third-order valence-corrected chi connectivity index (χ3v) is 4.65. The molecule has 1 aliphatic carbocycles. The van der Waals surface area contributed by atoms with Crippen molar-refractivity contribution in [1.29, 1.82) is 0 Å². The lowest BCUT2D eigenvalue weighted by molar-refractivity contribution is 0.377. The molecular formula is C14H21NOS. The Kier molecular flexibility index (Phi) is 4.00. The van der Waals surface area contributed by atoms with Crippen LogP contribution in [-0.2, 0) is 5.41 Å². The second-order valence-corrected chi connectivity index (χ2v) is 5.64. The van der Waals surface area contributed by atoms with Gasteiger partial charge < -0.3 is 10.5 Å². The minimum absolute atomic E-state index is 0.150. The number of nitrogens with two attached hydrogens (primary N) is 1. The van der Waals surface area contributed by atoms with Gasteiger partial charge in [0.2, 0.25) is 0 Å². The zero-order valence-corrected chi connectivity index (χ0v) is 11.5. The van der Waals surface area contributed by atoms with Crippen molar-refractivity contribution >= 4 is 11.8 Å². The molecule has 3 heteroatoms. The van der Waals surface area contributed by atoms with Crippen LogP contribution in [0.15, 0.2) is 23.1 Å². The molecule has 2 N–H and O–H groups in total. The van der Waals surface area contributed by atoms with Crippen LogP contribution in [0.2, 0.25) is 0 Å². The first-order valence-electron chi connectivity index (χ1n) is 6.18. The van der Waals surface area contributed by atoms with Crippen LogP contribution >= 0.6 is 11.8 Å². The van der Waals surface area contributed by atoms with E-state index in [-0.39, 0.29) is 5.41 Å². The molecule has 0 spiro atoms. The van der Waals surface area contributed by atoms with Crippen molar-refractivity contribution < 1.29 is 4.74 Å². The van der Waals surface area contributed by atoms with Gasteiger partial charge in [0, 0.05) is 22.4 Å². The van der Waals surface area contributed by atoms with Crippen molar-refractivity contribution in [1.82, 2.24) is 0 Å². The Bertz CT molecular complexity index is 386. The lowest BCUT2D eigenvalue weighted by Crippen LogP contribution is -2.32. The van der Waals surface area contributed by atoms with E-state index in [1.54, 1.807) is 18.9 Å². The Morgan fingerprint density at radius 3 is 2.59 bits per heavy atom. The van der Waals surface area contributed by atoms with Gasteiger partial charge in [0.25, 0.3) is 0 Å². The normalized spacial score (nSPS) is 18.3. The van der Waals surface area contributed by atoms with Gasteiger partial charge in [-0.25, -0.2) is 0 Å². The van der Waals surface area contributed by atoms with Crippen molar-refractivity contribution in [3.8, 4) is 5.75 Å². The zero-order chi connectivity index (χ0) is 12.3. The largest absolute Gasteiger partial charge is 0.496 e. The summed E-state index contributed by atoms with van der Waals surface area (Å²) in [6.45, 7) is 0.723. The monoisotopic (exact) mass is 251 g/mol. The molecule has 17 heavy (non-hydrogen) atoms. The summed E-state index contributed by atoms with van der Waals surface area (Å²) in [4.78, 5) is 1.29. The summed E-state index contributed by atoms with van der Waals surface area (Å²) in [5.74, 6) is 0.996. The van der Waals surface area contributed by atoms with E-state index in [1.807, 2.05) is 0 Å². The molecule has 0 heterocycles. The SMILES string of the molecule is COc1ccc(SC)cc1C1(CN)CCCC1. The van der Waals surface area contributed by atoms with E-state index in [1.165, 1.54) is 36.1 Å². The molecule has 0 unspecified atom stereocenters. The van der Waals surface area contributed by atoms with Gasteiger partial charge in [-0.1, -0.05) is 12.8 Å². The average Bonchev–Trinajstić information content (AvgIpc) is 2.88. The fraction of sp³-hybridized carbons (Fsp3) is 0.571. The van der Waals surface area contributed by atoms with E-state index in [0.29, 0.717) is 0 Å². The fourth-order valence-electron chi connectivity index (χ4n) is 2.86. The molecular weight excluding hydrogens is 230 g/mol. The van der Waals surface area contributed by atoms with E-state index in [0.717, 1.165) is 12.3 Å². The van der Waals surface area contributed by atoms with Gasteiger partial charge in [0.15, 0.2) is 0 Å². The minimum Gasteiger partial charge on any atom is -0.496 e. The van der Waals surface area contributed by atoms with Gasteiger partial charge in [0.05, 0.1) is 7.11 Å². The van der Waals surface area contributed by atoms with Gasteiger partial charge in [-0.05, 0) is 37.3 Å². The second-order valence-electron chi connectivity index (χ2n) is 4.76. The van der Waals surface area contributed by atoms with Crippen molar-refractivity contribution in [3.05, 3.63) is 23.8 Å². The van der Waals surface area contributed by atoms with Crippen LogP contribution in [0.5, 0.6) is 5.75 Å².